The molecular formula is C29H20F7N5O3. The van der Waals surface area contributed by atoms with E-state index in [0.717, 1.165) is 22.9 Å². The maximum atomic E-state index is 14.0. The Hall–Kier alpha value is -4.95. The molecule has 15 heteroatoms. The molecule has 6 rings (SSSR count). The number of carbonyl (C=O) groups excluding carboxylic acids is 2. The van der Waals surface area contributed by atoms with Gasteiger partial charge in [-0.15, -0.1) is 0 Å². The minimum absolute atomic E-state index is 0.0242. The van der Waals surface area contributed by atoms with Crippen molar-refractivity contribution in [1.82, 2.24) is 19.7 Å². The Morgan fingerprint density at radius 1 is 0.955 bits per heavy atom. The molecule has 0 aliphatic carbocycles. The van der Waals surface area contributed by atoms with Crippen LogP contribution in [0.25, 0.3) is 16.9 Å². The van der Waals surface area contributed by atoms with Crippen LogP contribution >= 0.6 is 0 Å². The van der Waals surface area contributed by atoms with E-state index in [2.05, 4.69) is 15.4 Å². The van der Waals surface area contributed by atoms with Crippen LogP contribution in [-0.2, 0) is 22.7 Å². The number of likely N-dealkylation sites (tertiary alicyclic amines) is 1. The number of nitrogens with zero attached hydrogens (tertiary/aromatic N) is 4. The van der Waals surface area contributed by atoms with E-state index in [-0.39, 0.29) is 48.7 Å². The van der Waals surface area contributed by atoms with Crippen LogP contribution in [0.2, 0.25) is 0 Å². The van der Waals surface area contributed by atoms with Crippen molar-refractivity contribution in [3.8, 4) is 16.9 Å². The minimum atomic E-state index is -4.98. The van der Waals surface area contributed by atoms with E-state index in [9.17, 15) is 40.3 Å². The topological polar surface area (TPSA) is 89.4 Å². The van der Waals surface area contributed by atoms with E-state index in [0.29, 0.717) is 23.3 Å². The summed E-state index contributed by atoms with van der Waals surface area (Å²) < 4.78 is 101. The third-order valence-corrected chi connectivity index (χ3v) is 7.61. The zero-order valence-corrected chi connectivity index (χ0v) is 22.3. The zero-order valence-electron chi connectivity index (χ0n) is 22.3. The van der Waals surface area contributed by atoms with Crippen LogP contribution in [0.5, 0.6) is 0 Å². The van der Waals surface area contributed by atoms with Crippen LogP contribution in [0.15, 0.2) is 67.0 Å². The van der Waals surface area contributed by atoms with Crippen LogP contribution in [0.3, 0.4) is 0 Å². The SMILES string of the molecule is O=C1Nc2cc(C(F)(F)F)ccc2C2(CCN(C(=O)c3cc(-c4cccnc4)n(-c4ccc(F)c(C(F)(F)F)c4)n3)CC2)O1. The first-order valence-electron chi connectivity index (χ1n) is 13.1. The summed E-state index contributed by atoms with van der Waals surface area (Å²) in [6, 6.07) is 9.90. The molecule has 1 saturated heterocycles. The number of halogens is 7. The summed E-state index contributed by atoms with van der Waals surface area (Å²) >= 11 is 0. The highest BCUT2D eigenvalue weighted by Gasteiger charge is 2.46. The number of pyridine rings is 1. The second kappa shape index (κ2) is 10.3. The van der Waals surface area contributed by atoms with Gasteiger partial charge < -0.3 is 9.64 Å². The predicted molar refractivity (Wildman–Crippen MR) is 140 cm³/mol. The Morgan fingerprint density at radius 3 is 2.36 bits per heavy atom. The number of fused-ring (bicyclic) bond motifs is 2. The van der Waals surface area contributed by atoms with E-state index in [1.165, 1.54) is 29.4 Å². The highest BCUT2D eigenvalue weighted by molar-refractivity contribution is 5.94. The number of alkyl halides is 6. The van der Waals surface area contributed by atoms with Crippen molar-refractivity contribution < 1.29 is 45.1 Å². The summed E-state index contributed by atoms with van der Waals surface area (Å²) in [6.45, 7) is 0.0485. The lowest BCUT2D eigenvalue weighted by Crippen LogP contribution is -2.49. The fourth-order valence-electron chi connectivity index (χ4n) is 5.46. The smallest absolute Gasteiger partial charge is 0.419 e. The van der Waals surface area contributed by atoms with Gasteiger partial charge in [0, 0.05) is 49.5 Å². The van der Waals surface area contributed by atoms with Crippen LogP contribution in [0.4, 0.5) is 41.2 Å². The number of ether oxygens (including phenoxy) is 1. The summed E-state index contributed by atoms with van der Waals surface area (Å²) in [6.07, 6.45) is -7.49. The number of aromatic nitrogens is 3. The van der Waals surface area contributed by atoms with Gasteiger partial charge in [0.25, 0.3) is 5.91 Å². The summed E-state index contributed by atoms with van der Waals surface area (Å²) in [5.74, 6) is -2.06. The van der Waals surface area contributed by atoms with Gasteiger partial charge in [-0.2, -0.15) is 31.4 Å². The summed E-state index contributed by atoms with van der Waals surface area (Å²) in [5.41, 5.74) is -3.05. The number of amides is 2. The zero-order chi connectivity index (χ0) is 31.4. The number of hydrogen-bond acceptors (Lipinski definition) is 5. The Labute approximate surface area is 244 Å². The number of hydrogen-bond donors (Lipinski definition) is 1. The molecule has 0 bridgehead atoms. The predicted octanol–water partition coefficient (Wildman–Crippen LogP) is 6.80. The average Bonchev–Trinajstić information content (AvgIpc) is 3.42. The van der Waals surface area contributed by atoms with E-state index >= 15 is 0 Å². The standard InChI is InChI=1S/C29H20F7N5O3/c30-21-6-4-18(13-20(21)29(34,35)36)41-24(16-2-1-9-37-15-16)14-23(39-41)25(42)40-10-7-27(8-11-40)19-5-3-17(28(31,32)33)12-22(19)38-26(43)44-27/h1-6,9,12-15H,7-8,10-11H2,(H,38,43). The van der Waals surface area contributed by atoms with Crippen LogP contribution in [0, 0.1) is 5.82 Å². The molecule has 0 radical (unpaired) electrons. The third kappa shape index (κ3) is 5.22. The van der Waals surface area contributed by atoms with Crippen molar-refractivity contribution >= 4 is 17.7 Å². The van der Waals surface area contributed by atoms with Crippen molar-refractivity contribution in [2.24, 2.45) is 0 Å². The first-order chi connectivity index (χ1) is 20.7. The minimum Gasteiger partial charge on any atom is -0.438 e. The molecule has 2 aromatic carbocycles. The van der Waals surface area contributed by atoms with E-state index in [1.54, 1.807) is 12.1 Å². The highest BCUT2D eigenvalue weighted by atomic mass is 19.4. The fraction of sp³-hybridized carbons (Fsp3) is 0.241. The average molecular weight is 619 g/mol. The molecule has 0 unspecified atom stereocenters. The van der Waals surface area contributed by atoms with Crippen molar-refractivity contribution in [2.45, 2.75) is 30.8 Å². The van der Waals surface area contributed by atoms with Crippen LogP contribution in [-0.4, -0.2) is 44.8 Å². The number of rotatable bonds is 3. The fourth-order valence-corrected chi connectivity index (χ4v) is 5.46. The second-order valence-corrected chi connectivity index (χ2v) is 10.3. The number of carbonyl (C=O) groups is 2. The van der Waals surface area contributed by atoms with Crippen molar-refractivity contribution in [3.05, 3.63) is 95.2 Å². The normalized spacial score (nSPS) is 16.3. The van der Waals surface area contributed by atoms with Gasteiger partial charge in [0.05, 0.1) is 28.2 Å². The molecule has 2 aliphatic rings. The third-order valence-electron chi connectivity index (χ3n) is 7.61. The molecule has 1 fully saturated rings. The second-order valence-electron chi connectivity index (χ2n) is 10.3. The van der Waals surface area contributed by atoms with Crippen molar-refractivity contribution in [2.75, 3.05) is 18.4 Å². The molecule has 228 valence electrons. The Balaban J connectivity index is 1.30. The highest BCUT2D eigenvalue weighted by Crippen LogP contribution is 2.45. The lowest BCUT2D eigenvalue weighted by molar-refractivity contribution is -0.140. The molecule has 2 aromatic heterocycles. The molecule has 0 saturated carbocycles. The Bertz CT molecular complexity index is 1760. The van der Waals surface area contributed by atoms with Crippen molar-refractivity contribution in [3.63, 3.8) is 0 Å². The molecule has 4 aromatic rings. The van der Waals surface area contributed by atoms with Gasteiger partial charge in [-0.05, 0) is 48.5 Å². The molecule has 0 atom stereocenters. The Kier molecular flexibility index (Phi) is 6.85. The van der Waals surface area contributed by atoms with Gasteiger partial charge >= 0.3 is 18.4 Å². The van der Waals surface area contributed by atoms with Gasteiger partial charge in [0.1, 0.15) is 11.4 Å². The molecule has 44 heavy (non-hydrogen) atoms. The maximum Gasteiger partial charge on any atom is 0.419 e. The monoisotopic (exact) mass is 619 g/mol. The number of piperidine rings is 1. The summed E-state index contributed by atoms with van der Waals surface area (Å²) in [4.78, 5) is 31.3. The Morgan fingerprint density at radius 2 is 1.70 bits per heavy atom. The first kappa shape index (κ1) is 29.1. The lowest BCUT2D eigenvalue weighted by atomic mass is 9.81. The van der Waals surface area contributed by atoms with E-state index in [1.807, 2.05) is 0 Å². The van der Waals surface area contributed by atoms with Gasteiger partial charge in [0.15, 0.2) is 5.69 Å². The molecule has 2 amide bonds. The number of nitrogens with one attached hydrogen (secondary N) is 1. The quantitative estimate of drug-likeness (QED) is 0.255. The molecule has 4 heterocycles. The van der Waals surface area contributed by atoms with Crippen molar-refractivity contribution in [1.29, 1.82) is 0 Å². The lowest BCUT2D eigenvalue weighted by Gasteiger charge is -2.44. The molecule has 1 N–H and O–H groups in total. The van der Waals surface area contributed by atoms with Crippen LogP contribution in [0.1, 0.15) is 40.0 Å². The summed E-state index contributed by atoms with van der Waals surface area (Å²) in [5, 5.41) is 6.58. The van der Waals surface area contributed by atoms with E-state index < -0.39 is 46.9 Å². The van der Waals surface area contributed by atoms with Gasteiger partial charge in [-0.25, -0.2) is 13.9 Å². The van der Waals surface area contributed by atoms with Gasteiger partial charge in [-0.1, -0.05) is 6.07 Å². The molecule has 2 aliphatic heterocycles. The number of benzene rings is 2. The van der Waals surface area contributed by atoms with Gasteiger partial charge in [0.2, 0.25) is 0 Å². The number of anilines is 1. The van der Waals surface area contributed by atoms with Crippen LogP contribution < -0.4 is 5.32 Å². The molecule has 8 nitrogen and oxygen atoms in total. The molecular weight excluding hydrogens is 599 g/mol. The molecule has 1 spiro atoms. The van der Waals surface area contributed by atoms with Gasteiger partial charge in [-0.3, -0.25) is 15.1 Å². The largest absolute Gasteiger partial charge is 0.438 e. The summed E-state index contributed by atoms with van der Waals surface area (Å²) in [7, 11) is 0. The first-order valence-corrected chi connectivity index (χ1v) is 13.1. The maximum absolute atomic E-state index is 14.0. The van der Waals surface area contributed by atoms with E-state index in [4.69, 9.17) is 4.74 Å².